The lowest BCUT2D eigenvalue weighted by Crippen LogP contribution is -2.63. The minimum atomic E-state index is -5.45. The van der Waals surface area contributed by atoms with Gasteiger partial charge in [-0.15, -0.1) is 0 Å². The van der Waals surface area contributed by atoms with Gasteiger partial charge < -0.3 is 10.2 Å². The smallest absolute Gasteiger partial charge is 0.362 e. The van der Waals surface area contributed by atoms with Gasteiger partial charge in [-0.05, 0) is 13.8 Å². The predicted octanol–water partition coefficient (Wildman–Crippen LogP) is 0.705. The Morgan fingerprint density at radius 1 is 0.846 bits per heavy atom. The van der Waals surface area contributed by atoms with E-state index in [2.05, 4.69) is 10.2 Å². The van der Waals surface area contributed by atoms with E-state index in [-0.39, 0.29) is 0 Å². The van der Waals surface area contributed by atoms with E-state index in [1.807, 2.05) is 0 Å². The van der Waals surface area contributed by atoms with E-state index in [0.717, 1.165) is 13.8 Å². The number of hydrogen-bond acceptors (Lipinski definition) is 6. The maximum atomic E-state index is 13.1. The Labute approximate surface area is 141 Å². The van der Waals surface area contributed by atoms with Crippen LogP contribution < -0.4 is 0 Å². The molecule has 2 aliphatic heterocycles. The lowest BCUT2D eigenvalue weighted by molar-refractivity contribution is -0.307. The fourth-order valence-corrected chi connectivity index (χ4v) is 2.49. The normalized spacial score (nSPS) is 29.8. The predicted molar refractivity (Wildman–Crippen MR) is 71.2 cm³/mol. The van der Waals surface area contributed by atoms with E-state index in [1.54, 1.807) is 0 Å². The topological polar surface area (TPSA) is 106 Å². The SMILES string of the molecule is CC1=NN(C(=O)C(=O)N2N=C(C)CC2(O)C(F)(F)F)C(O)(C(F)(F)F)C1. The highest BCUT2D eigenvalue weighted by atomic mass is 19.4. The van der Waals surface area contributed by atoms with E-state index in [1.165, 1.54) is 0 Å². The number of alkyl halides is 6. The largest absolute Gasteiger partial charge is 0.438 e. The highest BCUT2D eigenvalue weighted by Crippen LogP contribution is 2.43. The van der Waals surface area contributed by atoms with E-state index >= 15 is 0 Å². The van der Waals surface area contributed by atoms with E-state index in [0.29, 0.717) is 0 Å². The van der Waals surface area contributed by atoms with Gasteiger partial charge in [0.25, 0.3) is 11.4 Å². The summed E-state index contributed by atoms with van der Waals surface area (Å²) in [5.74, 6) is -4.47. The molecule has 2 rings (SSSR count). The zero-order valence-corrected chi connectivity index (χ0v) is 13.2. The molecule has 0 aliphatic carbocycles. The van der Waals surface area contributed by atoms with Gasteiger partial charge in [0.1, 0.15) is 0 Å². The monoisotopic (exact) mass is 390 g/mol. The van der Waals surface area contributed by atoms with Crippen molar-refractivity contribution >= 4 is 23.2 Å². The van der Waals surface area contributed by atoms with Crippen LogP contribution in [0.2, 0.25) is 0 Å². The molecule has 14 heteroatoms. The van der Waals surface area contributed by atoms with Gasteiger partial charge >= 0.3 is 24.2 Å². The number of carbonyl (C=O) groups is 2. The first-order chi connectivity index (χ1) is 11.5. The minimum Gasteiger partial charge on any atom is -0.362 e. The van der Waals surface area contributed by atoms with Crippen LogP contribution in [0.3, 0.4) is 0 Å². The van der Waals surface area contributed by atoms with Crippen molar-refractivity contribution in [2.75, 3.05) is 0 Å². The molecule has 0 bridgehead atoms. The number of aliphatic hydroxyl groups is 2. The molecule has 0 aromatic carbocycles. The highest BCUT2D eigenvalue weighted by Gasteiger charge is 2.67. The molecule has 8 nitrogen and oxygen atoms in total. The molecule has 2 atom stereocenters. The number of carbonyl (C=O) groups excluding carboxylic acids is 2. The number of hydrazone groups is 2. The Morgan fingerprint density at radius 2 is 1.12 bits per heavy atom. The fourth-order valence-electron chi connectivity index (χ4n) is 2.49. The highest BCUT2D eigenvalue weighted by molar-refractivity contribution is 6.35. The summed E-state index contributed by atoms with van der Waals surface area (Å²) in [6, 6.07) is 0. The van der Waals surface area contributed by atoms with Gasteiger partial charge in [0, 0.05) is 24.3 Å². The number of hydrogen-bond donors (Lipinski definition) is 2. The average molecular weight is 390 g/mol. The Kier molecular flexibility index (Phi) is 4.36. The molecule has 0 saturated carbocycles. The Balaban J connectivity index is 2.42. The van der Waals surface area contributed by atoms with Crippen molar-refractivity contribution in [1.82, 2.24) is 10.0 Å². The number of halogens is 6. The third-order valence-electron chi connectivity index (χ3n) is 3.72. The fraction of sp³-hybridized carbons (Fsp3) is 0.667. The molecule has 2 aliphatic rings. The second-order valence-corrected chi connectivity index (χ2v) is 5.89. The van der Waals surface area contributed by atoms with Crippen LogP contribution in [0.25, 0.3) is 0 Å². The lowest BCUT2D eigenvalue weighted by Gasteiger charge is -2.35. The van der Waals surface area contributed by atoms with Crippen LogP contribution in [0.5, 0.6) is 0 Å². The van der Waals surface area contributed by atoms with Gasteiger partial charge in [0.15, 0.2) is 0 Å². The Hall–Kier alpha value is -2.22. The Bertz CT molecular complexity index is 657. The number of amides is 2. The summed E-state index contributed by atoms with van der Waals surface area (Å²) in [6.07, 6.45) is -13.3. The maximum absolute atomic E-state index is 13.1. The molecule has 0 aromatic rings. The second kappa shape index (κ2) is 5.64. The first-order valence-corrected chi connectivity index (χ1v) is 6.90. The Morgan fingerprint density at radius 3 is 1.35 bits per heavy atom. The third-order valence-corrected chi connectivity index (χ3v) is 3.72. The molecule has 0 spiro atoms. The standard InChI is InChI=1S/C12H12F6N4O4/c1-5-3-9(25,11(13,14)15)21(19-5)7(23)8(24)22-10(26,12(16,17)18)4-6(2)20-22/h25-26H,3-4H2,1-2H3. The van der Waals surface area contributed by atoms with E-state index in [9.17, 15) is 46.1 Å². The van der Waals surface area contributed by atoms with Gasteiger partial charge in [-0.2, -0.15) is 46.6 Å². The maximum Gasteiger partial charge on any atom is 0.438 e. The molecule has 0 radical (unpaired) electrons. The van der Waals surface area contributed by atoms with Crippen LogP contribution in [0.15, 0.2) is 10.2 Å². The zero-order valence-electron chi connectivity index (χ0n) is 13.2. The van der Waals surface area contributed by atoms with Crippen molar-refractivity contribution in [3.05, 3.63) is 0 Å². The van der Waals surface area contributed by atoms with Crippen LogP contribution in [-0.2, 0) is 9.59 Å². The molecular weight excluding hydrogens is 378 g/mol. The number of rotatable bonds is 0. The average Bonchev–Trinajstić information content (AvgIpc) is 2.94. The summed E-state index contributed by atoms with van der Waals surface area (Å²) in [6.45, 7) is 2.03. The van der Waals surface area contributed by atoms with Crippen molar-refractivity contribution in [3.8, 4) is 0 Å². The van der Waals surface area contributed by atoms with Crippen LogP contribution in [-0.4, -0.2) is 67.3 Å². The molecule has 0 aromatic heterocycles. The molecule has 0 saturated heterocycles. The summed E-state index contributed by atoms with van der Waals surface area (Å²) >= 11 is 0. The molecule has 2 heterocycles. The van der Waals surface area contributed by atoms with Crippen molar-refractivity contribution in [1.29, 1.82) is 0 Å². The van der Waals surface area contributed by atoms with Crippen molar-refractivity contribution in [2.45, 2.75) is 50.5 Å². The van der Waals surface area contributed by atoms with Crippen LogP contribution in [0.1, 0.15) is 26.7 Å². The van der Waals surface area contributed by atoms with Crippen LogP contribution >= 0.6 is 0 Å². The van der Waals surface area contributed by atoms with Crippen LogP contribution in [0.4, 0.5) is 26.3 Å². The molecular formula is C12H12F6N4O4. The molecule has 146 valence electrons. The van der Waals surface area contributed by atoms with Gasteiger partial charge in [0.2, 0.25) is 0 Å². The number of nitrogens with zero attached hydrogens (tertiary/aromatic N) is 4. The van der Waals surface area contributed by atoms with Gasteiger partial charge in [0.05, 0.1) is 0 Å². The summed E-state index contributed by atoms with van der Waals surface area (Å²) in [5, 5.41) is 24.4. The van der Waals surface area contributed by atoms with Gasteiger partial charge in [-0.25, -0.2) is 0 Å². The quantitative estimate of drug-likeness (QED) is 0.469. The van der Waals surface area contributed by atoms with Gasteiger partial charge in [-0.3, -0.25) is 9.59 Å². The van der Waals surface area contributed by atoms with Crippen LogP contribution in [0, 0.1) is 0 Å². The summed E-state index contributed by atoms with van der Waals surface area (Å²) in [7, 11) is 0. The van der Waals surface area contributed by atoms with Crippen molar-refractivity contribution < 1.29 is 46.1 Å². The van der Waals surface area contributed by atoms with E-state index in [4.69, 9.17) is 0 Å². The minimum absolute atomic E-state index is 0.391. The third kappa shape index (κ3) is 2.82. The van der Waals surface area contributed by atoms with Crippen molar-refractivity contribution in [2.24, 2.45) is 10.2 Å². The first kappa shape index (κ1) is 20.1. The second-order valence-electron chi connectivity index (χ2n) is 5.89. The molecule has 2 amide bonds. The molecule has 26 heavy (non-hydrogen) atoms. The molecule has 0 fully saturated rings. The zero-order chi connectivity index (χ0) is 20.3. The lowest BCUT2D eigenvalue weighted by atomic mass is 10.1. The first-order valence-electron chi connectivity index (χ1n) is 6.90. The summed E-state index contributed by atoms with van der Waals surface area (Å²) < 4.78 is 78.4. The summed E-state index contributed by atoms with van der Waals surface area (Å²) in [5.41, 5.74) is -8.59. The van der Waals surface area contributed by atoms with E-state index < -0.39 is 69.9 Å². The molecule has 2 N–H and O–H groups in total. The summed E-state index contributed by atoms with van der Waals surface area (Å²) in [4.78, 5) is 24.2. The molecule has 2 unspecified atom stereocenters. The van der Waals surface area contributed by atoms with Crippen molar-refractivity contribution in [3.63, 3.8) is 0 Å². The van der Waals surface area contributed by atoms with Gasteiger partial charge in [-0.1, -0.05) is 0 Å².